The van der Waals surface area contributed by atoms with E-state index in [4.69, 9.17) is 18.0 Å². The van der Waals surface area contributed by atoms with Crippen molar-refractivity contribution >= 4 is 17.2 Å². The molecule has 0 amide bonds. The molecule has 0 atom stereocenters. The molecule has 0 unspecified atom stereocenters. The van der Waals surface area contributed by atoms with E-state index < -0.39 is 0 Å². The molecule has 1 aliphatic carbocycles. The minimum atomic E-state index is 0.626. The van der Waals surface area contributed by atoms with Crippen molar-refractivity contribution in [2.75, 3.05) is 6.54 Å². The smallest absolute Gasteiger partial charge is 0.0740 e. The molecule has 3 N–H and O–H groups in total. The van der Waals surface area contributed by atoms with Crippen molar-refractivity contribution in [3.63, 3.8) is 0 Å². The largest absolute Gasteiger partial charge is 0.393 e. The summed E-state index contributed by atoms with van der Waals surface area (Å²) in [5.74, 6) is 0. The maximum atomic E-state index is 5.43. The Labute approximate surface area is 86.3 Å². The number of rotatable bonds is 4. The molecule has 0 radical (unpaired) electrons. The van der Waals surface area contributed by atoms with E-state index in [1.54, 1.807) is 0 Å². The Hall–Kier alpha value is -0.150. The fraction of sp³-hybridized carbons (Fsp3) is 0.900. The van der Waals surface area contributed by atoms with E-state index in [9.17, 15) is 0 Å². The zero-order chi connectivity index (χ0) is 9.52. The van der Waals surface area contributed by atoms with Gasteiger partial charge in [0.1, 0.15) is 0 Å². The van der Waals surface area contributed by atoms with E-state index in [0.29, 0.717) is 4.99 Å². The second-order valence-electron chi connectivity index (χ2n) is 3.86. The van der Waals surface area contributed by atoms with Gasteiger partial charge in [0, 0.05) is 19.0 Å². The molecule has 0 aromatic heterocycles. The van der Waals surface area contributed by atoms with Crippen LogP contribution in [-0.2, 0) is 0 Å². The van der Waals surface area contributed by atoms with Gasteiger partial charge in [0.2, 0.25) is 0 Å². The van der Waals surface area contributed by atoms with Gasteiger partial charge in [-0.25, -0.2) is 0 Å². The Morgan fingerprint density at radius 2 is 1.85 bits per heavy atom. The number of hydrogen-bond acceptors (Lipinski definition) is 2. The van der Waals surface area contributed by atoms with Crippen molar-refractivity contribution in [3.05, 3.63) is 0 Å². The van der Waals surface area contributed by atoms with Gasteiger partial charge >= 0.3 is 0 Å². The number of thiocarbonyl (C=S) groups is 1. The third kappa shape index (κ3) is 5.21. The number of nitrogens with two attached hydrogens (primary N) is 1. The van der Waals surface area contributed by atoms with Crippen molar-refractivity contribution in [1.82, 2.24) is 5.32 Å². The molecule has 0 aromatic rings. The zero-order valence-electron chi connectivity index (χ0n) is 8.22. The van der Waals surface area contributed by atoms with Gasteiger partial charge in [-0.05, 0) is 12.8 Å². The minimum absolute atomic E-state index is 0.626. The van der Waals surface area contributed by atoms with Crippen LogP contribution in [0.3, 0.4) is 0 Å². The third-order valence-corrected chi connectivity index (χ3v) is 2.86. The fourth-order valence-electron chi connectivity index (χ4n) is 1.88. The van der Waals surface area contributed by atoms with Gasteiger partial charge in [0.25, 0.3) is 0 Å². The second kappa shape index (κ2) is 6.33. The molecule has 0 heterocycles. The van der Waals surface area contributed by atoms with Gasteiger partial charge in [-0.15, -0.1) is 0 Å². The molecule has 0 aromatic carbocycles. The summed E-state index contributed by atoms with van der Waals surface area (Å²) in [5, 5.41) is 3.53. The normalized spacial score (nSPS) is 19.7. The molecule has 0 bridgehead atoms. The molecule has 0 saturated heterocycles. The van der Waals surface area contributed by atoms with Gasteiger partial charge in [-0.1, -0.05) is 37.9 Å². The quantitative estimate of drug-likeness (QED) is 0.538. The zero-order valence-corrected chi connectivity index (χ0v) is 9.04. The average molecular weight is 200 g/mol. The van der Waals surface area contributed by atoms with Gasteiger partial charge in [-0.3, -0.25) is 0 Å². The summed E-state index contributed by atoms with van der Waals surface area (Å²) in [6.07, 6.45) is 9.08. The molecule has 2 nitrogen and oxygen atoms in total. The lowest BCUT2D eigenvalue weighted by atomic mass is 10.1. The topological polar surface area (TPSA) is 38.0 Å². The maximum absolute atomic E-state index is 5.43. The first-order chi connectivity index (χ1) is 6.29. The van der Waals surface area contributed by atoms with Crippen LogP contribution >= 0.6 is 12.2 Å². The van der Waals surface area contributed by atoms with Crippen LogP contribution in [0.2, 0.25) is 0 Å². The van der Waals surface area contributed by atoms with E-state index in [0.717, 1.165) is 19.0 Å². The van der Waals surface area contributed by atoms with Crippen LogP contribution in [0.4, 0.5) is 0 Å². The lowest BCUT2D eigenvalue weighted by Gasteiger charge is -2.15. The molecule has 13 heavy (non-hydrogen) atoms. The molecule has 3 heteroatoms. The monoisotopic (exact) mass is 200 g/mol. The molecule has 1 aliphatic rings. The standard InChI is InChI=1S/C10H20N2S/c11-10(13)7-8-12-9-5-3-1-2-4-6-9/h9,12H,1-8H2,(H2,11,13). The van der Waals surface area contributed by atoms with Crippen molar-refractivity contribution in [2.45, 2.75) is 51.0 Å². The van der Waals surface area contributed by atoms with Crippen LogP contribution in [-0.4, -0.2) is 17.6 Å². The minimum Gasteiger partial charge on any atom is -0.393 e. The lowest BCUT2D eigenvalue weighted by Crippen LogP contribution is -2.31. The Bertz CT molecular complexity index is 151. The molecular formula is C10H20N2S. The Balaban J connectivity index is 2.08. The highest BCUT2D eigenvalue weighted by Gasteiger charge is 2.10. The van der Waals surface area contributed by atoms with Gasteiger partial charge in [-0.2, -0.15) is 0 Å². The van der Waals surface area contributed by atoms with E-state index in [-0.39, 0.29) is 0 Å². The molecule has 0 spiro atoms. The van der Waals surface area contributed by atoms with Gasteiger partial charge in [0.15, 0.2) is 0 Å². The van der Waals surface area contributed by atoms with E-state index in [1.165, 1.54) is 38.5 Å². The maximum Gasteiger partial charge on any atom is 0.0740 e. The summed E-state index contributed by atoms with van der Waals surface area (Å²) >= 11 is 4.83. The van der Waals surface area contributed by atoms with Crippen LogP contribution in [0.15, 0.2) is 0 Å². The molecule has 1 saturated carbocycles. The van der Waals surface area contributed by atoms with Gasteiger partial charge in [0.05, 0.1) is 4.99 Å². The summed E-state index contributed by atoms with van der Waals surface area (Å²) in [4.78, 5) is 0.626. The van der Waals surface area contributed by atoms with Crippen molar-refractivity contribution in [1.29, 1.82) is 0 Å². The highest BCUT2D eigenvalue weighted by Crippen LogP contribution is 2.16. The average Bonchev–Trinajstić information content (AvgIpc) is 2.32. The van der Waals surface area contributed by atoms with Crippen LogP contribution < -0.4 is 11.1 Å². The molecule has 1 rings (SSSR count). The van der Waals surface area contributed by atoms with Crippen molar-refractivity contribution in [2.24, 2.45) is 5.73 Å². The highest BCUT2D eigenvalue weighted by molar-refractivity contribution is 7.80. The Kier molecular flexibility index (Phi) is 5.32. The molecular weight excluding hydrogens is 180 g/mol. The second-order valence-corrected chi connectivity index (χ2v) is 4.38. The van der Waals surface area contributed by atoms with E-state index in [1.807, 2.05) is 0 Å². The first-order valence-corrected chi connectivity index (χ1v) is 5.71. The summed E-state index contributed by atoms with van der Waals surface area (Å²) in [5.41, 5.74) is 5.43. The first kappa shape index (κ1) is 10.9. The summed E-state index contributed by atoms with van der Waals surface area (Å²) in [6.45, 7) is 0.958. The Morgan fingerprint density at radius 3 is 2.38 bits per heavy atom. The van der Waals surface area contributed by atoms with Crippen LogP contribution in [0.5, 0.6) is 0 Å². The van der Waals surface area contributed by atoms with Crippen LogP contribution in [0.1, 0.15) is 44.9 Å². The van der Waals surface area contributed by atoms with Crippen LogP contribution in [0, 0.1) is 0 Å². The first-order valence-electron chi connectivity index (χ1n) is 5.31. The third-order valence-electron chi connectivity index (χ3n) is 2.66. The highest BCUT2D eigenvalue weighted by atomic mass is 32.1. The molecule has 76 valence electrons. The number of nitrogens with one attached hydrogen (secondary N) is 1. The van der Waals surface area contributed by atoms with E-state index in [2.05, 4.69) is 5.32 Å². The SMILES string of the molecule is NC(=S)CCNC1CCCCCC1. The number of hydrogen-bond donors (Lipinski definition) is 2. The summed E-state index contributed by atoms with van der Waals surface area (Å²) in [6, 6.07) is 0.719. The fourth-order valence-corrected chi connectivity index (χ4v) is 1.99. The van der Waals surface area contributed by atoms with Gasteiger partial charge < -0.3 is 11.1 Å². The lowest BCUT2D eigenvalue weighted by molar-refractivity contribution is 0.467. The molecule has 1 fully saturated rings. The Morgan fingerprint density at radius 1 is 1.23 bits per heavy atom. The predicted octanol–water partition coefficient (Wildman–Crippen LogP) is 1.97. The van der Waals surface area contributed by atoms with E-state index >= 15 is 0 Å². The predicted molar refractivity (Wildman–Crippen MR) is 60.9 cm³/mol. The molecule has 0 aliphatic heterocycles. The summed E-state index contributed by atoms with van der Waals surface area (Å²) in [7, 11) is 0. The van der Waals surface area contributed by atoms with Crippen LogP contribution in [0.25, 0.3) is 0 Å². The van der Waals surface area contributed by atoms with Crippen molar-refractivity contribution < 1.29 is 0 Å². The van der Waals surface area contributed by atoms with Crippen molar-refractivity contribution in [3.8, 4) is 0 Å². The summed E-state index contributed by atoms with van der Waals surface area (Å²) < 4.78 is 0.